The Morgan fingerprint density at radius 3 is 1.25 bits per heavy atom. The summed E-state index contributed by atoms with van der Waals surface area (Å²) < 4.78 is 15.1. The number of rotatable bonds is 4. The summed E-state index contributed by atoms with van der Waals surface area (Å²) >= 11 is 1.89. The Hall–Kier alpha value is -6.42. The molecule has 0 saturated heterocycles. The highest BCUT2D eigenvalue weighted by Crippen LogP contribution is 2.49. The van der Waals surface area contributed by atoms with Crippen LogP contribution < -0.4 is 0 Å². The van der Waals surface area contributed by atoms with Gasteiger partial charge in [0, 0.05) is 36.9 Å². The molecule has 0 N–H and O–H groups in total. The maximum atomic E-state index is 6.27. The summed E-state index contributed by atoms with van der Waals surface area (Å²) in [6, 6.07) is 57.3. The van der Waals surface area contributed by atoms with Gasteiger partial charge in [-0.3, -0.25) is 0 Å². The highest BCUT2D eigenvalue weighted by atomic mass is 32.1. The molecule has 0 amide bonds. The van der Waals surface area contributed by atoms with Crippen molar-refractivity contribution in [2.24, 2.45) is 0 Å². The van der Waals surface area contributed by atoms with E-state index in [9.17, 15) is 0 Å². The van der Waals surface area contributed by atoms with Crippen molar-refractivity contribution in [3.8, 4) is 44.9 Å². The van der Waals surface area contributed by atoms with E-state index in [4.69, 9.17) is 8.83 Å². The van der Waals surface area contributed by atoms with Crippen LogP contribution in [0.2, 0.25) is 0 Å². The minimum Gasteiger partial charge on any atom is -0.461 e. The number of thiophene rings is 1. The van der Waals surface area contributed by atoms with Crippen LogP contribution in [0.25, 0.3) is 108 Å². The van der Waals surface area contributed by atoms with Crippen LogP contribution in [0.1, 0.15) is 11.5 Å². The second-order valence-corrected chi connectivity index (χ2v) is 15.1. The zero-order valence-electron chi connectivity index (χ0n) is 29.2. The first-order chi connectivity index (χ1) is 26.1. The topological polar surface area (TPSA) is 26.3 Å². The highest BCUT2D eigenvalue weighted by Gasteiger charge is 2.22. The predicted molar refractivity (Wildman–Crippen MR) is 225 cm³/mol. The maximum Gasteiger partial charge on any atom is 0.135 e. The molecule has 250 valence electrons. The molecule has 3 heterocycles. The van der Waals surface area contributed by atoms with Gasteiger partial charge in [-0.25, -0.2) is 0 Å². The van der Waals surface area contributed by atoms with Crippen molar-refractivity contribution in [2.45, 2.75) is 13.8 Å². The van der Waals surface area contributed by atoms with E-state index < -0.39 is 0 Å². The predicted octanol–water partition coefficient (Wildman–Crippen LogP) is 15.1. The number of furan rings is 2. The van der Waals surface area contributed by atoms with Crippen LogP contribution in [0.5, 0.6) is 0 Å². The molecule has 53 heavy (non-hydrogen) atoms. The Kier molecular flexibility index (Phi) is 6.58. The fourth-order valence-corrected chi connectivity index (χ4v) is 9.94. The van der Waals surface area contributed by atoms with Crippen LogP contribution >= 0.6 is 11.3 Å². The molecule has 11 rings (SSSR count). The summed E-state index contributed by atoms with van der Waals surface area (Å²) in [5.41, 5.74) is 7.29. The van der Waals surface area contributed by atoms with Gasteiger partial charge in [0.15, 0.2) is 0 Å². The zero-order chi connectivity index (χ0) is 35.2. The van der Waals surface area contributed by atoms with E-state index in [1.165, 1.54) is 85.5 Å². The van der Waals surface area contributed by atoms with Crippen molar-refractivity contribution in [3.63, 3.8) is 0 Å². The van der Waals surface area contributed by atoms with E-state index >= 15 is 0 Å². The van der Waals surface area contributed by atoms with Gasteiger partial charge in [0.2, 0.25) is 0 Å². The minimum atomic E-state index is 0.904. The van der Waals surface area contributed by atoms with Gasteiger partial charge in [-0.2, -0.15) is 0 Å². The first kappa shape index (κ1) is 30.2. The second kappa shape index (κ2) is 11.5. The van der Waals surface area contributed by atoms with Gasteiger partial charge in [0.1, 0.15) is 23.0 Å². The van der Waals surface area contributed by atoms with Crippen molar-refractivity contribution in [1.82, 2.24) is 0 Å². The van der Waals surface area contributed by atoms with Crippen LogP contribution in [-0.4, -0.2) is 0 Å². The van der Waals surface area contributed by atoms with E-state index in [2.05, 4.69) is 158 Å². The highest BCUT2D eigenvalue weighted by molar-refractivity contribution is 7.26. The summed E-state index contributed by atoms with van der Waals surface area (Å²) in [7, 11) is 0. The molecule has 0 aliphatic heterocycles. The Balaban J connectivity index is 1.17. The summed E-state index contributed by atoms with van der Waals surface area (Å²) in [5, 5.41) is 12.3. The van der Waals surface area contributed by atoms with Crippen molar-refractivity contribution < 1.29 is 8.83 Å². The average molecular weight is 697 g/mol. The zero-order valence-corrected chi connectivity index (χ0v) is 30.1. The van der Waals surface area contributed by atoms with Crippen LogP contribution in [0, 0.1) is 13.8 Å². The van der Waals surface area contributed by atoms with Crippen LogP contribution in [0.3, 0.4) is 0 Å². The molecule has 0 aliphatic rings. The van der Waals surface area contributed by atoms with Crippen LogP contribution in [0.4, 0.5) is 0 Å². The van der Waals surface area contributed by atoms with Gasteiger partial charge in [-0.1, -0.05) is 127 Å². The summed E-state index contributed by atoms with van der Waals surface area (Å²) in [6.07, 6.45) is 0. The third-order valence-corrected chi connectivity index (χ3v) is 12.1. The van der Waals surface area contributed by atoms with E-state index in [0.29, 0.717) is 0 Å². The average Bonchev–Trinajstić information content (AvgIpc) is 3.93. The lowest BCUT2D eigenvalue weighted by molar-refractivity contribution is 0.549. The fraction of sp³-hybridized carbons (Fsp3) is 0.0400. The third kappa shape index (κ3) is 4.51. The largest absolute Gasteiger partial charge is 0.461 e. The second-order valence-electron chi connectivity index (χ2n) is 14.0. The molecule has 0 aliphatic carbocycles. The third-order valence-electron chi connectivity index (χ3n) is 10.9. The number of hydrogen-bond donors (Lipinski definition) is 0. The Morgan fingerprint density at radius 1 is 0.358 bits per heavy atom. The van der Waals surface area contributed by atoms with Crippen molar-refractivity contribution in [2.75, 3.05) is 0 Å². The van der Waals surface area contributed by atoms with Gasteiger partial charge in [0.05, 0.1) is 0 Å². The van der Waals surface area contributed by atoms with Crippen molar-refractivity contribution >= 4 is 74.6 Å². The quantitative estimate of drug-likeness (QED) is 0.171. The fourth-order valence-electron chi connectivity index (χ4n) is 8.68. The lowest BCUT2D eigenvalue weighted by Gasteiger charge is -2.16. The lowest BCUT2D eigenvalue weighted by atomic mass is 9.87. The van der Waals surface area contributed by atoms with E-state index in [1.807, 2.05) is 25.2 Å². The van der Waals surface area contributed by atoms with Crippen molar-refractivity contribution in [1.29, 1.82) is 0 Å². The van der Waals surface area contributed by atoms with Gasteiger partial charge in [-0.15, -0.1) is 11.3 Å². The lowest BCUT2D eigenvalue weighted by Crippen LogP contribution is -1.90. The standard InChI is InChI=1S/C50H32O2S/c1-29-22-26-43(51-29)48-37-16-7-3-12-33(37)46(34-13-4-8-17-38(34)48)31-24-25-32-41-20-11-21-42(50(41)53-45(32)28-31)47-35-14-5-9-18-39(35)49(44-27-23-30(2)52-44)40-19-10-6-15-36(40)47/h3-28H,1-2H3. The Labute approximate surface area is 310 Å². The summed E-state index contributed by atoms with van der Waals surface area (Å²) in [5.74, 6) is 3.63. The molecule has 2 nitrogen and oxygen atoms in total. The number of hydrogen-bond acceptors (Lipinski definition) is 3. The molecule has 0 atom stereocenters. The molecule has 0 bridgehead atoms. The molecule has 3 heteroatoms. The normalized spacial score (nSPS) is 12.0. The molecule has 3 aromatic heterocycles. The van der Waals surface area contributed by atoms with Crippen molar-refractivity contribution in [3.05, 3.63) is 169 Å². The number of benzene rings is 8. The minimum absolute atomic E-state index is 0.904. The van der Waals surface area contributed by atoms with Crippen LogP contribution in [-0.2, 0) is 0 Å². The van der Waals surface area contributed by atoms with Gasteiger partial charge < -0.3 is 8.83 Å². The smallest absolute Gasteiger partial charge is 0.135 e. The van der Waals surface area contributed by atoms with Gasteiger partial charge >= 0.3 is 0 Å². The maximum absolute atomic E-state index is 6.27. The molecule has 11 aromatic rings. The molecule has 8 aromatic carbocycles. The molecule has 0 spiro atoms. The summed E-state index contributed by atoms with van der Waals surface area (Å²) in [6.45, 7) is 4.02. The first-order valence-corrected chi connectivity index (χ1v) is 18.9. The number of fused-ring (bicyclic) bond motifs is 7. The molecule has 0 saturated carbocycles. The molecule has 0 unspecified atom stereocenters. The molecule has 0 radical (unpaired) electrons. The first-order valence-electron chi connectivity index (χ1n) is 18.1. The SMILES string of the molecule is Cc1ccc(-c2c3ccccc3c(-c3ccc4c(c3)sc3c(-c5c6ccccc6c(-c6ccc(C)o6)c6ccccc56)cccc34)c3ccccc23)o1. The monoisotopic (exact) mass is 696 g/mol. The number of aryl methyl sites for hydroxylation is 2. The Morgan fingerprint density at radius 2 is 0.792 bits per heavy atom. The molecule has 0 fully saturated rings. The van der Waals surface area contributed by atoms with Gasteiger partial charge in [0.25, 0.3) is 0 Å². The van der Waals surface area contributed by atoms with E-state index in [-0.39, 0.29) is 0 Å². The summed E-state index contributed by atoms with van der Waals surface area (Å²) in [4.78, 5) is 0. The van der Waals surface area contributed by atoms with Gasteiger partial charge in [-0.05, 0) is 104 Å². The molecular weight excluding hydrogens is 665 g/mol. The van der Waals surface area contributed by atoms with E-state index in [0.717, 1.165) is 34.2 Å². The molecular formula is C50H32O2S. The Bertz CT molecular complexity index is 3150. The van der Waals surface area contributed by atoms with E-state index in [1.54, 1.807) is 0 Å². The van der Waals surface area contributed by atoms with Crippen LogP contribution in [0.15, 0.2) is 167 Å².